The van der Waals surface area contributed by atoms with Gasteiger partial charge in [-0.05, 0) is 17.5 Å². The second-order valence-electron chi connectivity index (χ2n) is 3.86. The predicted octanol–water partition coefficient (Wildman–Crippen LogP) is 3.71. The average Bonchev–Trinajstić information content (AvgIpc) is 2.91. The lowest BCUT2D eigenvalue weighted by atomic mass is 10.2. The number of hydrogen-bond acceptors (Lipinski definition) is 5. The smallest absolute Gasteiger partial charge is 0.339 e. The zero-order valence-electron chi connectivity index (χ0n) is 10.2. The zero-order chi connectivity index (χ0) is 14.5. The fourth-order valence-corrected chi connectivity index (χ4v) is 2.56. The molecule has 1 aromatic heterocycles. The normalized spacial score (nSPS) is 10.2. The van der Waals surface area contributed by atoms with Crippen LogP contribution in [0.25, 0.3) is 0 Å². The molecule has 0 bridgehead atoms. The monoisotopic (exact) mass is 311 g/mol. The molecule has 0 atom stereocenters. The van der Waals surface area contributed by atoms with Gasteiger partial charge in [-0.2, -0.15) is 0 Å². The van der Waals surface area contributed by atoms with Crippen LogP contribution in [0.4, 0.5) is 5.69 Å². The number of nitro groups is 1. The zero-order valence-corrected chi connectivity index (χ0v) is 11.8. The Labute approximate surface area is 123 Å². The molecule has 0 saturated heterocycles. The van der Waals surface area contributed by atoms with E-state index in [4.69, 9.17) is 16.3 Å². The first-order chi connectivity index (χ1) is 9.59. The van der Waals surface area contributed by atoms with Crippen LogP contribution in [0, 0.1) is 10.1 Å². The van der Waals surface area contributed by atoms with Gasteiger partial charge >= 0.3 is 5.97 Å². The summed E-state index contributed by atoms with van der Waals surface area (Å²) in [4.78, 5) is 23.0. The quantitative estimate of drug-likeness (QED) is 0.479. The van der Waals surface area contributed by atoms with Gasteiger partial charge in [0.15, 0.2) is 0 Å². The molecule has 1 heterocycles. The molecule has 20 heavy (non-hydrogen) atoms. The van der Waals surface area contributed by atoms with Crippen molar-refractivity contribution in [3.8, 4) is 0 Å². The molecule has 5 nitrogen and oxygen atoms in total. The summed E-state index contributed by atoms with van der Waals surface area (Å²) in [5, 5.41) is 12.5. The number of hydrogen-bond donors (Lipinski definition) is 0. The molecular weight excluding hydrogens is 302 g/mol. The van der Waals surface area contributed by atoms with Gasteiger partial charge in [-0.25, -0.2) is 4.79 Å². The highest BCUT2D eigenvalue weighted by atomic mass is 35.5. The van der Waals surface area contributed by atoms with Crippen molar-refractivity contribution < 1.29 is 14.5 Å². The fraction of sp³-hybridized carbons (Fsp3) is 0.154. The first-order valence-corrected chi connectivity index (χ1v) is 6.98. The van der Waals surface area contributed by atoms with E-state index in [1.807, 2.05) is 17.5 Å². The number of rotatable bonds is 5. The van der Waals surface area contributed by atoms with Crippen molar-refractivity contribution in [3.63, 3.8) is 0 Å². The van der Waals surface area contributed by atoms with Crippen LogP contribution >= 0.6 is 22.9 Å². The molecule has 7 heteroatoms. The molecule has 1 aromatic carbocycles. The van der Waals surface area contributed by atoms with E-state index in [0.717, 1.165) is 4.88 Å². The Morgan fingerprint density at radius 1 is 1.35 bits per heavy atom. The van der Waals surface area contributed by atoms with E-state index in [1.165, 1.54) is 18.2 Å². The molecule has 0 unspecified atom stereocenters. The number of nitro benzene ring substituents is 1. The number of esters is 1. The molecular formula is C13H10ClNO4S. The van der Waals surface area contributed by atoms with Gasteiger partial charge in [0.2, 0.25) is 0 Å². The second kappa shape index (κ2) is 6.49. The van der Waals surface area contributed by atoms with Gasteiger partial charge in [-0.1, -0.05) is 23.7 Å². The summed E-state index contributed by atoms with van der Waals surface area (Å²) < 4.78 is 5.08. The molecule has 0 aliphatic heterocycles. The Morgan fingerprint density at radius 2 is 2.15 bits per heavy atom. The molecule has 0 N–H and O–H groups in total. The molecule has 104 valence electrons. The summed E-state index contributed by atoms with van der Waals surface area (Å²) in [6.45, 7) is 0.207. The van der Waals surface area contributed by atoms with E-state index in [1.54, 1.807) is 11.3 Å². The molecule has 2 rings (SSSR count). The largest absolute Gasteiger partial charge is 0.462 e. The minimum Gasteiger partial charge on any atom is -0.462 e. The van der Waals surface area contributed by atoms with Gasteiger partial charge in [-0.15, -0.1) is 11.3 Å². The third kappa shape index (κ3) is 3.34. The van der Waals surface area contributed by atoms with E-state index in [0.29, 0.717) is 6.42 Å². The molecule has 0 aliphatic carbocycles. The highest BCUT2D eigenvalue weighted by molar-refractivity contribution is 7.09. The first kappa shape index (κ1) is 14.5. The van der Waals surface area contributed by atoms with Crippen molar-refractivity contribution in [2.45, 2.75) is 6.42 Å². The van der Waals surface area contributed by atoms with E-state index in [-0.39, 0.29) is 22.9 Å². The number of thiophene rings is 1. The average molecular weight is 312 g/mol. The molecule has 0 fully saturated rings. The van der Waals surface area contributed by atoms with Crippen LogP contribution in [0.1, 0.15) is 15.2 Å². The number of benzene rings is 1. The van der Waals surface area contributed by atoms with Crippen molar-refractivity contribution in [2.75, 3.05) is 6.61 Å². The minimum absolute atomic E-state index is 0.00652. The van der Waals surface area contributed by atoms with Crippen LogP contribution < -0.4 is 0 Å². The van der Waals surface area contributed by atoms with Crippen LogP contribution in [0.3, 0.4) is 0 Å². The van der Waals surface area contributed by atoms with Crippen LogP contribution in [-0.4, -0.2) is 17.5 Å². The third-order valence-corrected chi connectivity index (χ3v) is 3.89. The maximum Gasteiger partial charge on any atom is 0.339 e. The highest BCUT2D eigenvalue weighted by Crippen LogP contribution is 2.28. The SMILES string of the molecule is O=C(OCCc1cccs1)c1cccc([N+](=O)[O-])c1Cl. The van der Waals surface area contributed by atoms with Crippen molar-refractivity contribution in [3.05, 3.63) is 61.3 Å². The Kier molecular flexibility index (Phi) is 4.70. The molecule has 0 amide bonds. The summed E-state index contributed by atoms with van der Waals surface area (Å²) in [6, 6.07) is 7.91. The summed E-state index contributed by atoms with van der Waals surface area (Å²) in [5.41, 5.74) is -0.300. The highest BCUT2D eigenvalue weighted by Gasteiger charge is 2.20. The Bertz CT molecular complexity index is 627. The molecule has 0 radical (unpaired) electrons. The van der Waals surface area contributed by atoms with Crippen LogP contribution in [0.5, 0.6) is 0 Å². The maximum atomic E-state index is 11.8. The standard InChI is InChI=1S/C13H10ClNO4S/c14-12-10(4-1-5-11(12)15(17)18)13(16)19-7-6-9-3-2-8-20-9/h1-5,8H,6-7H2. The van der Waals surface area contributed by atoms with Gasteiger partial charge < -0.3 is 4.74 Å². The lowest BCUT2D eigenvalue weighted by Crippen LogP contribution is -2.09. The van der Waals surface area contributed by atoms with Crippen molar-refractivity contribution in [1.82, 2.24) is 0 Å². The summed E-state index contributed by atoms with van der Waals surface area (Å²) in [6.07, 6.45) is 0.607. The van der Waals surface area contributed by atoms with E-state index in [2.05, 4.69) is 0 Å². The Balaban J connectivity index is 2.02. The van der Waals surface area contributed by atoms with Crippen molar-refractivity contribution in [2.24, 2.45) is 0 Å². The van der Waals surface area contributed by atoms with Gasteiger partial charge in [0.1, 0.15) is 5.02 Å². The lowest BCUT2D eigenvalue weighted by Gasteiger charge is -2.05. The summed E-state index contributed by atoms with van der Waals surface area (Å²) in [5.74, 6) is -0.657. The number of ether oxygens (including phenoxy) is 1. The fourth-order valence-electron chi connectivity index (χ4n) is 1.60. The van der Waals surface area contributed by atoms with E-state index >= 15 is 0 Å². The summed E-state index contributed by atoms with van der Waals surface area (Å²) in [7, 11) is 0. The lowest BCUT2D eigenvalue weighted by molar-refractivity contribution is -0.384. The maximum absolute atomic E-state index is 11.8. The van der Waals surface area contributed by atoms with Gasteiger partial charge in [0, 0.05) is 17.4 Å². The van der Waals surface area contributed by atoms with Gasteiger partial charge in [-0.3, -0.25) is 10.1 Å². The van der Waals surface area contributed by atoms with Gasteiger partial charge in [0.25, 0.3) is 5.69 Å². The number of nitrogens with zero attached hydrogens (tertiary/aromatic N) is 1. The molecule has 0 saturated carbocycles. The Morgan fingerprint density at radius 3 is 2.80 bits per heavy atom. The van der Waals surface area contributed by atoms with E-state index < -0.39 is 10.9 Å². The molecule has 2 aromatic rings. The number of carbonyl (C=O) groups is 1. The minimum atomic E-state index is -0.657. The first-order valence-electron chi connectivity index (χ1n) is 5.72. The third-order valence-electron chi connectivity index (χ3n) is 2.56. The molecule has 0 aliphatic rings. The van der Waals surface area contributed by atoms with Crippen LogP contribution in [-0.2, 0) is 11.2 Å². The number of carbonyl (C=O) groups excluding carboxylic acids is 1. The van der Waals surface area contributed by atoms with Crippen molar-refractivity contribution >= 4 is 34.6 Å². The van der Waals surface area contributed by atoms with E-state index in [9.17, 15) is 14.9 Å². The van der Waals surface area contributed by atoms with Crippen LogP contribution in [0.2, 0.25) is 5.02 Å². The van der Waals surface area contributed by atoms with Crippen LogP contribution in [0.15, 0.2) is 35.7 Å². The topological polar surface area (TPSA) is 69.4 Å². The summed E-state index contributed by atoms with van der Waals surface area (Å²) >= 11 is 7.41. The second-order valence-corrected chi connectivity index (χ2v) is 5.27. The van der Waals surface area contributed by atoms with Crippen molar-refractivity contribution in [1.29, 1.82) is 0 Å². The number of halogens is 1. The Hall–Kier alpha value is -1.92. The van der Waals surface area contributed by atoms with Gasteiger partial charge in [0.05, 0.1) is 17.1 Å². The molecule has 0 spiro atoms. The predicted molar refractivity (Wildman–Crippen MR) is 76.4 cm³/mol.